The number of nitrogens with zero attached hydrogens (tertiary/aromatic N) is 2. The van der Waals surface area contributed by atoms with E-state index < -0.39 is 0 Å². The maximum absolute atomic E-state index is 11.6. The number of carbonyl (C=O) groups is 1. The van der Waals surface area contributed by atoms with Crippen molar-refractivity contribution in [1.29, 1.82) is 0 Å². The molecule has 6 heteroatoms. The van der Waals surface area contributed by atoms with Crippen LogP contribution in [0.3, 0.4) is 0 Å². The molecule has 1 unspecified atom stereocenters. The quantitative estimate of drug-likeness (QED) is 0.798. The van der Waals surface area contributed by atoms with E-state index in [-0.39, 0.29) is 23.8 Å². The molecular weight excluding hydrogens is 220 g/mol. The lowest BCUT2D eigenvalue weighted by molar-refractivity contribution is 0.0937. The highest BCUT2D eigenvalue weighted by Gasteiger charge is 2.26. The first-order valence-electron chi connectivity index (χ1n) is 5.96. The van der Waals surface area contributed by atoms with Crippen molar-refractivity contribution in [2.75, 3.05) is 0 Å². The first-order chi connectivity index (χ1) is 8.06. The second-order valence-electron chi connectivity index (χ2n) is 4.94. The van der Waals surface area contributed by atoms with Gasteiger partial charge in [-0.05, 0) is 25.2 Å². The number of carbonyl (C=O) groups excluding carboxylic acids is 1. The molecule has 1 aromatic rings. The van der Waals surface area contributed by atoms with Crippen molar-refractivity contribution < 1.29 is 9.32 Å². The predicted octanol–water partition coefficient (Wildman–Crippen LogP) is 1.01. The molecule has 0 aromatic carbocycles. The Morgan fingerprint density at radius 1 is 1.59 bits per heavy atom. The van der Waals surface area contributed by atoms with Crippen LogP contribution < -0.4 is 11.1 Å². The van der Waals surface area contributed by atoms with Gasteiger partial charge in [-0.3, -0.25) is 4.79 Å². The Kier molecular flexibility index (Phi) is 3.42. The van der Waals surface area contributed by atoms with E-state index in [0.29, 0.717) is 11.8 Å². The summed E-state index contributed by atoms with van der Waals surface area (Å²) in [7, 11) is 0. The number of aromatic nitrogens is 2. The maximum Gasteiger partial charge on any atom is 0.292 e. The van der Waals surface area contributed by atoms with E-state index in [1.165, 1.54) is 0 Å². The average molecular weight is 238 g/mol. The van der Waals surface area contributed by atoms with Crippen molar-refractivity contribution >= 4 is 5.91 Å². The summed E-state index contributed by atoms with van der Waals surface area (Å²) in [5, 5.41) is 6.45. The van der Waals surface area contributed by atoms with Crippen LogP contribution in [0.25, 0.3) is 0 Å². The van der Waals surface area contributed by atoms with Crippen LogP contribution in [0.4, 0.5) is 0 Å². The Morgan fingerprint density at radius 2 is 2.29 bits per heavy atom. The molecule has 0 saturated heterocycles. The van der Waals surface area contributed by atoms with Gasteiger partial charge in [-0.2, -0.15) is 4.98 Å². The summed E-state index contributed by atoms with van der Waals surface area (Å²) in [4.78, 5) is 15.6. The minimum atomic E-state index is -0.301. The maximum atomic E-state index is 11.6. The molecule has 0 bridgehead atoms. The van der Waals surface area contributed by atoms with Gasteiger partial charge in [0.1, 0.15) is 0 Å². The molecule has 2 rings (SSSR count). The SMILES string of the molecule is CC(C)CC(N)c1nc(C(=O)NC2CC2)no1. The minimum Gasteiger partial charge on any atom is -0.346 e. The number of amides is 1. The highest BCUT2D eigenvalue weighted by Crippen LogP contribution is 2.20. The second-order valence-corrected chi connectivity index (χ2v) is 4.94. The van der Waals surface area contributed by atoms with E-state index in [1.807, 2.05) is 0 Å². The Bertz CT molecular complexity index is 398. The third-order valence-corrected chi connectivity index (χ3v) is 2.60. The molecule has 1 aliphatic rings. The van der Waals surface area contributed by atoms with Gasteiger partial charge in [0, 0.05) is 6.04 Å². The van der Waals surface area contributed by atoms with Crippen molar-refractivity contribution in [2.45, 2.75) is 45.2 Å². The summed E-state index contributed by atoms with van der Waals surface area (Å²) in [6.07, 6.45) is 2.82. The van der Waals surface area contributed by atoms with Gasteiger partial charge in [0.15, 0.2) is 0 Å². The smallest absolute Gasteiger partial charge is 0.292 e. The first-order valence-corrected chi connectivity index (χ1v) is 5.96. The average Bonchev–Trinajstić information content (AvgIpc) is 2.92. The molecule has 1 heterocycles. The standard InChI is InChI=1S/C11H18N4O2/c1-6(2)5-8(12)11-14-9(15-17-11)10(16)13-7-3-4-7/h6-8H,3-5,12H2,1-2H3,(H,13,16). The highest BCUT2D eigenvalue weighted by atomic mass is 16.5. The zero-order valence-corrected chi connectivity index (χ0v) is 10.1. The van der Waals surface area contributed by atoms with E-state index in [2.05, 4.69) is 29.3 Å². The van der Waals surface area contributed by atoms with Crippen molar-refractivity contribution in [3.8, 4) is 0 Å². The van der Waals surface area contributed by atoms with Crippen LogP contribution in [0.1, 0.15) is 55.7 Å². The molecule has 0 aliphatic heterocycles. The van der Waals surface area contributed by atoms with Gasteiger partial charge in [-0.1, -0.05) is 19.0 Å². The zero-order valence-electron chi connectivity index (χ0n) is 10.1. The lowest BCUT2D eigenvalue weighted by Crippen LogP contribution is -2.26. The van der Waals surface area contributed by atoms with E-state index in [0.717, 1.165) is 19.3 Å². The topological polar surface area (TPSA) is 94.0 Å². The lowest BCUT2D eigenvalue weighted by atomic mass is 10.0. The third kappa shape index (κ3) is 3.26. The van der Waals surface area contributed by atoms with Crippen molar-refractivity contribution in [3.63, 3.8) is 0 Å². The molecular formula is C11H18N4O2. The molecule has 6 nitrogen and oxygen atoms in total. The number of rotatable bonds is 5. The van der Waals surface area contributed by atoms with Gasteiger partial charge in [0.25, 0.3) is 11.7 Å². The van der Waals surface area contributed by atoms with Crippen LogP contribution in [0.2, 0.25) is 0 Å². The molecule has 17 heavy (non-hydrogen) atoms. The molecule has 1 amide bonds. The lowest BCUT2D eigenvalue weighted by Gasteiger charge is -2.08. The zero-order chi connectivity index (χ0) is 12.4. The van der Waals surface area contributed by atoms with E-state index in [9.17, 15) is 4.79 Å². The summed E-state index contributed by atoms with van der Waals surface area (Å²) in [6, 6.07) is -0.0150. The number of nitrogens with two attached hydrogens (primary N) is 1. The Morgan fingerprint density at radius 3 is 2.88 bits per heavy atom. The summed E-state index contributed by atoms with van der Waals surface area (Å²) in [6.45, 7) is 4.13. The largest absolute Gasteiger partial charge is 0.346 e. The van der Waals surface area contributed by atoms with Crippen LogP contribution in [-0.4, -0.2) is 22.1 Å². The van der Waals surface area contributed by atoms with Gasteiger partial charge in [0.2, 0.25) is 5.89 Å². The Labute approximate surface area is 99.9 Å². The molecule has 1 aliphatic carbocycles. The summed E-state index contributed by atoms with van der Waals surface area (Å²) in [5.74, 6) is 0.575. The fraction of sp³-hybridized carbons (Fsp3) is 0.727. The highest BCUT2D eigenvalue weighted by molar-refractivity contribution is 5.90. The minimum absolute atomic E-state index is 0.0751. The van der Waals surface area contributed by atoms with Crippen molar-refractivity contribution in [1.82, 2.24) is 15.5 Å². The molecule has 0 spiro atoms. The van der Waals surface area contributed by atoms with E-state index in [4.69, 9.17) is 10.3 Å². The van der Waals surface area contributed by atoms with Gasteiger partial charge in [-0.25, -0.2) is 0 Å². The van der Waals surface area contributed by atoms with Crippen LogP contribution in [-0.2, 0) is 0 Å². The van der Waals surface area contributed by atoms with Gasteiger partial charge < -0.3 is 15.6 Å². The van der Waals surface area contributed by atoms with Crippen LogP contribution in [0.15, 0.2) is 4.52 Å². The molecule has 1 aromatic heterocycles. The molecule has 0 radical (unpaired) electrons. The number of nitrogens with one attached hydrogen (secondary N) is 1. The van der Waals surface area contributed by atoms with Crippen LogP contribution in [0.5, 0.6) is 0 Å². The summed E-state index contributed by atoms with van der Waals surface area (Å²) < 4.78 is 5.00. The molecule has 3 N–H and O–H groups in total. The monoisotopic (exact) mass is 238 g/mol. The van der Waals surface area contributed by atoms with Gasteiger partial charge >= 0.3 is 0 Å². The number of hydrogen-bond donors (Lipinski definition) is 2. The fourth-order valence-corrected chi connectivity index (χ4v) is 1.56. The van der Waals surface area contributed by atoms with E-state index >= 15 is 0 Å². The number of hydrogen-bond acceptors (Lipinski definition) is 5. The summed E-state index contributed by atoms with van der Waals surface area (Å²) in [5.41, 5.74) is 5.90. The van der Waals surface area contributed by atoms with Gasteiger partial charge in [-0.15, -0.1) is 0 Å². The summed E-state index contributed by atoms with van der Waals surface area (Å²) >= 11 is 0. The molecule has 1 fully saturated rings. The van der Waals surface area contributed by atoms with Crippen molar-refractivity contribution in [2.24, 2.45) is 11.7 Å². The Balaban J connectivity index is 1.96. The molecule has 94 valence electrons. The van der Waals surface area contributed by atoms with Crippen LogP contribution in [0, 0.1) is 5.92 Å². The van der Waals surface area contributed by atoms with E-state index in [1.54, 1.807) is 0 Å². The van der Waals surface area contributed by atoms with Gasteiger partial charge in [0.05, 0.1) is 6.04 Å². The molecule has 1 saturated carbocycles. The normalized spacial score (nSPS) is 17.2. The second kappa shape index (κ2) is 4.83. The fourth-order valence-electron chi connectivity index (χ4n) is 1.56. The first kappa shape index (κ1) is 12.0. The predicted molar refractivity (Wildman–Crippen MR) is 61.2 cm³/mol. The third-order valence-electron chi connectivity index (χ3n) is 2.60. The Hall–Kier alpha value is -1.43. The van der Waals surface area contributed by atoms with Crippen LogP contribution >= 0.6 is 0 Å². The van der Waals surface area contributed by atoms with Crippen molar-refractivity contribution in [3.05, 3.63) is 11.7 Å². The molecule has 1 atom stereocenters.